The van der Waals surface area contributed by atoms with E-state index in [0.717, 1.165) is 32.8 Å². The standard InChI is InChI=1S/C27H44BrClO4SSi3/c1-11-22-25(31-35(2,3)4)27(33-37(8,9)10)26(32-36(5,6)7)24(30-22)18-12-14-21(29)19(16-18)17-20-13-15-23(28)34-20/h12-16,22,24-27H,11,17H2,1-10H3/t22-,24+,25-,26+,27+/m1/s1. The fourth-order valence-corrected chi connectivity index (χ4v) is 9.63. The summed E-state index contributed by atoms with van der Waals surface area (Å²) in [4.78, 5) is 1.26. The monoisotopic (exact) mass is 662 g/mol. The molecule has 1 aromatic carbocycles. The lowest BCUT2D eigenvalue weighted by atomic mass is 9.89. The summed E-state index contributed by atoms with van der Waals surface area (Å²) in [5, 5.41) is 0.772. The summed E-state index contributed by atoms with van der Waals surface area (Å²) in [6, 6.07) is 10.5. The highest BCUT2D eigenvalue weighted by atomic mass is 79.9. The largest absolute Gasteiger partial charge is 0.409 e. The molecule has 0 saturated carbocycles. The minimum atomic E-state index is -1.96. The number of hydrogen-bond donors (Lipinski definition) is 0. The van der Waals surface area contributed by atoms with Crippen LogP contribution in [0.4, 0.5) is 0 Å². The molecule has 5 atom stereocenters. The van der Waals surface area contributed by atoms with Crippen molar-refractivity contribution >= 4 is 63.8 Å². The maximum atomic E-state index is 6.96. The molecule has 0 radical (unpaired) electrons. The Morgan fingerprint density at radius 1 is 0.838 bits per heavy atom. The zero-order chi connectivity index (χ0) is 27.8. The Kier molecular flexibility index (Phi) is 10.6. The van der Waals surface area contributed by atoms with E-state index < -0.39 is 25.0 Å². The summed E-state index contributed by atoms with van der Waals surface area (Å²) in [5.41, 5.74) is 2.19. The molecule has 0 N–H and O–H groups in total. The quantitative estimate of drug-likeness (QED) is 0.238. The normalized spacial score (nSPS) is 25.5. The van der Waals surface area contributed by atoms with Crippen molar-refractivity contribution in [1.82, 2.24) is 0 Å². The molecule has 1 saturated heterocycles. The second-order valence-electron chi connectivity index (χ2n) is 12.8. The van der Waals surface area contributed by atoms with E-state index in [0.29, 0.717) is 0 Å². The van der Waals surface area contributed by atoms with Crippen LogP contribution in [0.25, 0.3) is 0 Å². The predicted molar refractivity (Wildman–Crippen MR) is 169 cm³/mol. The van der Waals surface area contributed by atoms with Crippen LogP contribution in [-0.4, -0.2) is 49.4 Å². The lowest BCUT2D eigenvalue weighted by Crippen LogP contribution is -2.62. The molecule has 1 aromatic heterocycles. The van der Waals surface area contributed by atoms with E-state index in [9.17, 15) is 0 Å². The first-order chi connectivity index (χ1) is 17.0. The fourth-order valence-electron chi connectivity index (χ4n) is 4.68. The zero-order valence-electron chi connectivity index (χ0n) is 24.0. The maximum Gasteiger partial charge on any atom is 0.184 e. The Labute approximate surface area is 244 Å². The fraction of sp³-hybridized carbons (Fsp3) is 0.630. The lowest BCUT2D eigenvalue weighted by molar-refractivity contribution is -0.210. The molecule has 4 nitrogen and oxygen atoms in total. The molecular formula is C27H44BrClO4SSi3. The number of halogens is 2. The van der Waals surface area contributed by atoms with Crippen LogP contribution in [0.5, 0.6) is 0 Å². The molecule has 1 aliphatic heterocycles. The Hall–Kier alpha value is 0.181. The molecule has 37 heavy (non-hydrogen) atoms. The molecule has 10 heteroatoms. The van der Waals surface area contributed by atoms with Gasteiger partial charge in [0.1, 0.15) is 18.3 Å². The Morgan fingerprint density at radius 3 is 1.92 bits per heavy atom. The third-order valence-electron chi connectivity index (χ3n) is 5.90. The van der Waals surface area contributed by atoms with E-state index in [1.165, 1.54) is 4.88 Å². The van der Waals surface area contributed by atoms with Crippen molar-refractivity contribution in [3.63, 3.8) is 0 Å². The van der Waals surface area contributed by atoms with Gasteiger partial charge in [-0.15, -0.1) is 11.3 Å². The van der Waals surface area contributed by atoms with Crippen LogP contribution in [0.15, 0.2) is 34.1 Å². The molecule has 2 aromatic rings. The van der Waals surface area contributed by atoms with Gasteiger partial charge < -0.3 is 18.0 Å². The van der Waals surface area contributed by atoms with Crippen LogP contribution < -0.4 is 0 Å². The molecule has 3 rings (SSSR count). The van der Waals surface area contributed by atoms with Gasteiger partial charge in [-0.2, -0.15) is 0 Å². The van der Waals surface area contributed by atoms with Crippen LogP contribution in [0.3, 0.4) is 0 Å². The van der Waals surface area contributed by atoms with Gasteiger partial charge in [-0.25, -0.2) is 0 Å². The SMILES string of the molecule is CC[C@H]1O[C@@H](c2ccc(Cl)c(Cc3ccc(Br)s3)c2)[C@H](O[Si](C)(C)C)[C@@H](O[Si](C)(C)C)[C@@H]1O[Si](C)(C)C. The predicted octanol–water partition coefficient (Wildman–Crippen LogP) is 9.27. The van der Waals surface area contributed by atoms with Gasteiger partial charge in [0.25, 0.3) is 0 Å². The second kappa shape index (κ2) is 12.4. The molecule has 2 heterocycles. The molecule has 0 amide bonds. The number of ether oxygens (including phenoxy) is 1. The van der Waals surface area contributed by atoms with Crippen LogP contribution in [-0.2, 0) is 24.4 Å². The Balaban J connectivity index is 2.08. The topological polar surface area (TPSA) is 36.9 Å². The van der Waals surface area contributed by atoms with Gasteiger partial charge in [-0.05, 0) is 111 Å². The molecule has 0 bridgehead atoms. The van der Waals surface area contributed by atoms with Crippen molar-refractivity contribution in [2.75, 3.05) is 0 Å². The van der Waals surface area contributed by atoms with Gasteiger partial charge in [-0.3, -0.25) is 0 Å². The van der Waals surface area contributed by atoms with E-state index in [1.54, 1.807) is 11.3 Å². The van der Waals surface area contributed by atoms with E-state index in [4.69, 9.17) is 29.6 Å². The van der Waals surface area contributed by atoms with E-state index in [-0.39, 0.29) is 30.5 Å². The third kappa shape index (κ3) is 9.37. The maximum absolute atomic E-state index is 6.96. The van der Waals surface area contributed by atoms with Crippen LogP contribution in [0.1, 0.15) is 35.5 Å². The van der Waals surface area contributed by atoms with E-state index >= 15 is 0 Å². The average Bonchev–Trinajstić information content (AvgIpc) is 3.14. The smallest absolute Gasteiger partial charge is 0.184 e. The summed E-state index contributed by atoms with van der Waals surface area (Å²) < 4.78 is 28.8. The number of rotatable bonds is 10. The molecule has 0 spiro atoms. The van der Waals surface area contributed by atoms with Crippen molar-refractivity contribution in [3.05, 3.63) is 55.1 Å². The Bertz CT molecular complexity index is 1050. The summed E-state index contributed by atoms with van der Waals surface area (Å²) in [6.45, 7) is 22.3. The summed E-state index contributed by atoms with van der Waals surface area (Å²) >= 11 is 12.0. The number of benzene rings is 1. The van der Waals surface area contributed by atoms with Crippen molar-refractivity contribution < 1.29 is 18.0 Å². The first-order valence-electron chi connectivity index (χ1n) is 13.2. The van der Waals surface area contributed by atoms with Crippen molar-refractivity contribution in [3.8, 4) is 0 Å². The first kappa shape index (κ1) is 31.7. The van der Waals surface area contributed by atoms with Crippen molar-refractivity contribution in [2.24, 2.45) is 0 Å². The minimum absolute atomic E-state index is 0.0769. The van der Waals surface area contributed by atoms with Gasteiger partial charge in [0.2, 0.25) is 0 Å². The molecule has 0 unspecified atom stereocenters. The summed E-state index contributed by atoms with van der Waals surface area (Å²) in [6.07, 6.45) is 0.686. The molecule has 1 fully saturated rings. The molecule has 0 aliphatic carbocycles. The highest BCUT2D eigenvalue weighted by molar-refractivity contribution is 9.11. The van der Waals surface area contributed by atoms with E-state index in [2.05, 4.69) is 106 Å². The van der Waals surface area contributed by atoms with Gasteiger partial charge >= 0.3 is 0 Å². The van der Waals surface area contributed by atoms with Gasteiger partial charge in [0, 0.05) is 16.3 Å². The second-order valence-corrected chi connectivity index (χ2v) is 29.2. The summed E-state index contributed by atoms with van der Waals surface area (Å²) in [5.74, 6) is 0. The lowest BCUT2D eigenvalue weighted by Gasteiger charge is -2.51. The molecule has 208 valence electrons. The van der Waals surface area contributed by atoms with Gasteiger partial charge in [0.05, 0.1) is 16.0 Å². The minimum Gasteiger partial charge on any atom is -0.409 e. The summed E-state index contributed by atoms with van der Waals surface area (Å²) in [7, 11) is -5.76. The average molecular weight is 664 g/mol. The highest BCUT2D eigenvalue weighted by Crippen LogP contribution is 2.42. The van der Waals surface area contributed by atoms with Crippen LogP contribution >= 0.6 is 38.9 Å². The van der Waals surface area contributed by atoms with Crippen LogP contribution in [0, 0.1) is 0 Å². The first-order valence-corrected chi connectivity index (χ1v) is 25.4. The highest BCUT2D eigenvalue weighted by Gasteiger charge is 2.51. The van der Waals surface area contributed by atoms with Crippen LogP contribution in [0.2, 0.25) is 63.9 Å². The van der Waals surface area contributed by atoms with E-state index in [1.807, 2.05) is 6.07 Å². The van der Waals surface area contributed by atoms with Gasteiger partial charge in [-0.1, -0.05) is 30.7 Å². The number of thiophene rings is 1. The van der Waals surface area contributed by atoms with Crippen molar-refractivity contribution in [1.29, 1.82) is 0 Å². The zero-order valence-corrected chi connectivity index (χ0v) is 30.1. The third-order valence-corrected chi connectivity index (χ3v) is 10.8. The molecular weight excluding hydrogens is 620 g/mol. The Morgan fingerprint density at radius 2 is 1.41 bits per heavy atom. The molecule has 1 aliphatic rings. The van der Waals surface area contributed by atoms with Crippen molar-refractivity contribution in [2.45, 2.75) is 109 Å². The number of hydrogen-bond acceptors (Lipinski definition) is 5. The van der Waals surface area contributed by atoms with Gasteiger partial charge in [0.15, 0.2) is 25.0 Å².